The summed E-state index contributed by atoms with van der Waals surface area (Å²) in [6.45, 7) is 6.09. The van der Waals surface area contributed by atoms with Crippen LogP contribution in [-0.4, -0.2) is 24.5 Å². The smallest absolute Gasteiger partial charge is 0.249 e. The zero-order chi connectivity index (χ0) is 22.2. The van der Waals surface area contributed by atoms with Crippen LogP contribution in [0.5, 0.6) is 0 Å². The van der Waals surface area contributed by atoms with Gasteiger partial charge in [0.1, 0.15) is 17.9 Å². The molecular formula is C24H21N7O. The van der Waals surface area contributed by atoms with E-state index in [2.05, 4.69) is 40.4 Å². The fourth-order valence-electron chi connectivity index (χ4n) is 3.85. The molecule has 0 fully saturated rings. The second-order valence-corrected chi connectivity index (χ2v) is 8.02. The Labute approximate surface area is 184 Å². The number of nitriles is 1. The lowest BCUT2D eigenvalue weighted by Gasteiger charge is -2.21. The van der Waals surface area contributed by atoms with Gasteiger partial charge in [0.2, 0.25) is 11.7 Å². The number of benzene rings is 1. The molecule has 1 N–H and O–H groups in total. The lowest BCUT2D eigenvalue weighted by Crippen LogP contribution is -2.19. The molecule has 5 rings (SSSR count). The molecule has 1 unspecified atom stereocenters. The van der Waals surface area contributed by atoms with E-state index < -0.39 is 0 Å². The van der Waals surface area contributed by atoms with Crippen molar-refractivity contribution < 1.29 is 4.52 Å². The number of fused-ring (bicyclic) bond motifs is 3. The molecule has 8 heteroatoms. The quantitative estimate of drug-likeness (QED) is 0.428. The molecule has 0 radical (unpaired) electrons. The van der Waals surface area contributed by atoms with Gasteiger partial charge in [0.25, 0.3) is 0 Å². The first-order valence-electron chi connectivity index (χ1n) is 10.4. The van der Waals surface area contributed by atoms with Crippen LogP contribution in [0.15, 0.2) is 59.4 Å². The summed E-state index contributed by atoms with van der Waals surface area (Å²) in [6, 6.07) is 15.6. The summed E-state index contributed by atoms with van der Waals surface area (Å²) >= 11 is 0. The van der Waals surface area contributed by atoms with E-state index in [1.165, 1.54) is 0 Å². The molecule has 0 spiro atoms. The molecular weight excluding hydrogens is 402 g/mol. The molecule has 158 valence electrons. The number of imidazole rings is 1. The highest BCUT2D eigenvalue weighted by Gasteiger charge is 2.25. The van der Waals surface area contributed by atoms with Crippen molar-refractivity contribution in [1.29, 1.82) is 5.26 Å². The molecule has 8 nitrogen and oxygen atoms in total. The number of pyridine rings is 2. The number of hydrogen-bond acceptors (Lipinski definition) is 7. The SMILES string of the molecule is Cc1cc(NC(c2nc(-c3cccnc3)no2)C(C)C)n2c(nc3ccccc32)c1C#N. The monoisotopic (exact) mass is 423 g/mol. The van der Waals surface area contributed by atoms with E-state index in [0.29, 0.717) is 22.9 Å². The van der Waals surface area contributed by atoms with Gasteiger partial charge in [-0.1, -0.05) is 31.1 Å². The Kier molecular flexibility index (Phi) is 4.79. The minimum atomic E-state index is -0.246. The van der Waals surface area contributed by atoms with E-state index in [1.54, 1.807) is 12.4 Å². The Morgan fingerprint density at radius 1 is 1.12 bits per heavy atom. The lowest BCUT2D eigenvalue weighted by atomic mass is 10.0. The van der Waals surface area contributed by atoms with Gasteiger partial charge in [-0.2, -0.15) is 10.2 Å². The number of nitrogens with one attached hydrogen (secondary N) is 1. The van der Waals surface area contributed by atoms with Crippen LogP contribution in [0.1, 0.15) is 36.9 Å². The third-order valence-electron chi connectivity index (χ3n) is 5.48. The highest BCUT2D eigenvalue weighted by atomic mass is 16.5. The number of hydrogen-bond donors (Lipinski definition) is 1. The van der Waals surface area contributed by atoms with Gasteiger partial charge in [-0.15, -0.1) is 0 Å². The average Bonchev–Trinajstić information content (AvgIpc) is 3.43. The Bertz CT molecular complexity index is 1460. The fraction of sp³-hybridized carbons (Fsp3) is 0.208. The molecule has 4 heterocycles. The minimum absolute atomic E-state index is 0.151. The number of aromatic nitrogens is 5. The Morgan fingerprint density at radius 3 is 2.72 bits per heavy atom. The Morgan fingerprint density at radius 2 is 1.97 bits per heavy atom. The van der Waals surface area contributed by atoms with Crippen LogP contribution in [0.25, 0.3) is 28.1 Å². The minimum Gasteiger partial charge on any atom is -0.359 e. The van der Waals surface area contributed by atoms with Crippen LogP contribution >= 0.6 is 0 Å². The molecule has 1 atom stereocenters. The third kappa shape index (κ3) is 3.24. The zero-order valence-corrected chi connectivity index (χ0v) is 17.9. The lowest BCUT2D eigenvalue weighted by molar-refractivity contribution is 0.335. The van der Waals surface area contributed by atoms with E-state index >= 15 is 0 Å². The molecule has 0 aliphatic rings. The molecule has 0 saturated carbocycles. The number of para-hydroxylation sites is 2. The van der Waals surface area contributed by atoms with Crippen molar-refractivity contribution in [2.45, 2.75) is 26.8 Å². The van der Waals surface area contributed by atoms with Gasteiger partial charge in [0.15, 0.2) is 5.65 Å². The molecule has 5 aromatic rings. The second kappa shape index (κ2) is 7.78. The molecule has 32 heavy (non-hydrogen) atoms. The van der Waals surface area contributed by atoms with Crippen LogP contribution in [0.3, 0.4) is 0 Å². The molecule has 0 amide bonds. The number of nitrogens with zero attached hydrogens (tertiary/aromatic N) is 6. The van der Waals surface area contributed by atoms with Crippen molar-refractivity contribution in [3.8, 4) is 17.5 Å². The molecule has 0 aliphatic heterocycles. The van der Waals surface area contributed by atoms with Crippen LogP contribution in [0.4, 0.5) is 5.82 Å². The molecule has 0 aliphatic carbocycles. The van der Waals surface area contributed by atoms with E-state index in [-0.39, 0.29) is 12.0 Å². The predicted octanol–water partition coefficient (Wildman–Crippen LogP) is 4.92. The molecule has 0 saturated heterocycles. The molecule has 4 aromatic heterocycles. The van der Waals surface area contributed by atoms with Gasteiger partial charge in [-0.3, -0.25) is 9.38 Å². The summed E-state index contributed by atoms with van der Waals surface area (Å²) in [6.07, 6.45) is 3.41. The van der Waals surface area contributed by atoms with Crippen molar-refractivity contribution in [3.63, 3.8) is 0 Å². The predicted molar refractivity (Wildman–Crippen MR) is 121 cm³/mol. The third-order valence-corrected chi connectivity index (χ3v) is 5.48. The van der Waals surface area contributed by atoms with Crippen molar-refractivity contribution in [2.24, 2.45) is 5.92 Å². The Balaban J connectivity index is 1.62. The Hall–Kier alpha value is -4.25. The van der Waals surface area contributed by atoms with Gasteiger partial charge in [-0.25, -0.2) is 4.98 Å². The fourth-order valence-corrected chi connectivity index (χ4v) is 3.85. The second-order valence-electron chi connectivity index (χ2n) is 8.02. The standard InChI is InChI=1S/C24H21N7O/c1-14(2)21(24-29-22(30-32-24)16-7-6-10-26-13-16)28-20-11-15(3)17(12-25)23-27-18-8-4-5-9-19(18)31(20)23/h4-11,13-14,21,28H,1-3H3. The summed E-state index contributed by atoms with van der Waals surface area (Å²) in [5.74, 6) is 1.94. The van der Waals surface area contributed by atoms with Crippen LogP contribution < -0.4 is 5.32 Å². The van der Waals surface area contributed by atoms with Gasteiger partial charge in [0.05, 0.1) is 16.6 Å². The van der Waals surface area contributed by atoms with Crippen LogP contribution in [0.2, 0.25) is 0 Å². The molecule has 1 aromatic carbocycles. The number of aryl methyl sites for hydroxylation is 1. The normalized spacial score (nSPS) is 12.3. The first kappa shape index (κ1) is 19.7. The summed E-state index contributed by atoms with van der Waals surface area (Å²) in [7, 11) is 0. The topological polar surface area (TPSA) is 105 Å². The van der Waals surface area contributed by atoms with Crippen LogP contribution in [-0.2, 0) is 0 Å². The first-order valence-corrected chi connectivity index (χ1v) is 10.4. The van der Waals surface area contributed by atoms with Crippen molar-refractivity contribution in [2.75, 3.05) is 5.32 Å². The van der Waals surface area contributed by atoms with Gasteiger partial charge < -0.3 is 9.84 Å². The number of rotatable bonds is 5. The van der Waals surface area contributed by atoms with Crippen molar-refractivity contribution in [1.82, 2.24) is 24.5 Å². The van der Waals surface area contributed by atoms with E-state index in [9.17, 15) is 5.26 Å². The summed E-state index contributed by atoms with van der Waals surface area (Å²) in [5, 5.41) is 17.5. The van der Waals surface area contributed by atoms with Crippen LogP contribution in [0, 0.1) is 24.2 Å². The maximum atomic E-state index is 9.73. The average molecular weight is 423 g/mol. The van der Waals surface area contributed by atoms with Gasteiger partial charge in [0, 0.05) is 18.0 Å². The highest BCUT2D eigenvalue weighted by molar-refractivity contribution is 5.85. The van der Waals surface area contributed by atoms with Crippen molar-refractivity contribution >= 4 is 22.5 Å². The first-order chi connectivity index (χ1) is 15.6. The van der Waals surface area contributed by atoms with Gasteiger partial charge >= 0.3 is 0 Å². The van der Waals surface area contributed by atoms with Gasteiger partial charge in [-0.05, 0) is 48.7 Å². The van der Waals surface area contributed by atoms with Crippen molar-refractivity contribution in [3.05, 3.63) is 71.9 Å². The number of anilines is 1. The largest absolute Gasteiger partial charge is 0.359 e. The van der Waals surface area contributed by atoms with E-state index in [0.717, 1.165) is 28.0 Å². The maximum Gasteiger partial charge on any atom is 0.249 e. The maximum absolute atomic E-state index is 9.73. The summed E-state index contributed by atoms with van der Waals surface area (Å²) in [4.78, 5) is 13.5. The molecule has 0 bridgehead atoms. The van der Waals surface area contributed by atoms with E-state index in [1.807, 2.05) is 53.8 Å². The summed E-state index contributed by atoms with van der Waals surface area (Å²) in [5.41, 5.74) is 4.58. The zero-order valence-electron chi connectivity index (χ0n) is 17.9. The highest BCUT2D eigenvalue weighted by Crippen LogP contribution is 2.31. The van der Waals surface area contributed by atoms with E-state index in [4.69, 9.17) is 9.51 Å². The summed E-state index contributed by atoms with van der Waals surface area (Å²) < 4.78 is 7.62.